The molecular formula is C16H23N3O. The molecule has 0 saturated carbocycles. The highest BCUT2D eigenvalue weighted by atomic mass is 16.5. The van der Waals surface area contributed by atoms with Crippen molar-refractivity contribution in [3.63, 3.8) is 0 Å². The van der Waals surface area contributed by atoms with Gasteiger partial charge in [-0.2, -0.15) is 0 Å². The summed E-state index contributed by atoms with van der Waals surface area (Å²) >= 11 is 0. The van der Waals surface area contributed by atoms with Crippen LogP contribution >= 0.6 is 0 Å². The van der Waals surface area contributed by atoms with Crippen LogP contribution in [0.15, 0.2) is 30.5 Å². The average Bonchev–Trinajstić information content (AvgIpc) is 2.45. The molecule has 1 aromatic heterocycles. The number of fused-ring (bicyclic) bond motifs is 1. The molecule has 4 nitrogen and oxygen atoms in total. The first-order chi connectivity index (χ1) is 9.60. The van der Waals surface area contributed by atoms with Crippen molar-refractivity contribution < 1.29 is 4.74 Å². The molecule has 0 bridgehead atoms. The Labute approximate surface area is 120 Å². The minimum atomic E-state index is 0.387. The lowest BCUT2D eigenvalue weighted by Gasteiger charge is -2.18. The SMILES string of the molecule is COc1ccc2c(NC(C)CCN(C)C)nccc2c1. The van der Waals surface area contributed by atoms with Crippen LogP contribution in [0.5, 0.6) is 5.75 Å². The van der Waals surface area contributed by atoms with Crippen LogP contribution in [0.4, 0.5) is 5.82 Å². The van der Waals surface area contributed by atoms with E-state index in [2.05, 4.69) is 42.3 Å². The molecule has 1 N–H and O–H groups in total. The Morgan fingerprint density at radius 1 is 1.30 bits per heavy atom. The van der Waals surface area contributed by atoms with E-state index in [9.17, 15) is 0 Å². The Morgan fingerprint density at radius 3 is 2.80 bits per heavy atom. The summed E-state index contributed by atoms with van der Waals surface area (Å²) in [6.45, 7) is 3.25. The normalized spacial score (nSPS) is 12.7. The molecule has 0 saturated heterocycles. The van der Waals surface area contributed by atoms with Crippen LogP contribution in [-0.4, -0.2) is 43.7 Å². The maximum Gasteiger partial charge on any atom is 0.134 e. The zero-order valence-electron chi connectivity index (χ0n) is 12.7. The fraction of sp³-hybridized carbons (Fsp3) is 0.438. The fourth-order valence-electron chi connectivity index (χ4n) is 2.16. The Kier molecular flexibility index (Phi) is 4.79. The summed E-state index contributed by atoms with van der Waals surface area (Å²) in [6.07, 6.45) is 2.92. The van der Waals surface area contributed by atoms with Gasteiger partial charge in [-0.05, 0) is 63.6 Å². The van der Waals surface area contributed by atoms with Gasteiger partial charge in [-0.25, -0.2) is 4.98 Å². The Balaban J connectivity index is 2.17. The van der Waals surface area contributed by atoms with Crippen LogP contribution in [0, 0.1) is 0 Å². The van der Waals surface area contributed by atoms with Crippen LogP contribution in [-0.2, 0) is 0 Å². The highest BCUT2D eigenvalue weighted by Crippen LogP contribution is 2.25. The van der Waals surface area contributed by atoms with Crippen molar-refractivity contribution in [1.29, 1.82) is 0 Å². The molecule has 0 aliphatic heterocycles. The number of hydrogen-bond donors (Lipinski definition) is 1. The number of aromatic nitrogens is 1. The highest BCUT2D eigenvalue weighted by Gasteiger charge is 2.07. The van der Waals surface area contributed by atoms with Crippen LogP contribution < -0.4 is 10.1 Å². The molecule has 4 heteroatoms. The molecule has 0 spiro atoms. The van der Waals surface area contributed by atoms with Gasteiger partial charge in [0.05, 0.1) is 7.11 Å². The zero-order chi connectivity index (χ0) is 14.5. The number of anilines is 1. The molecule has 0 aliphatic rings. The molecule has 2 aromatic rings. The molecule has 1 unspecified atom stereocenters. The summed E-state index contributed by atoms with van der Waals surface area (Å²) < 4.78 is 5.26. The molecule has 1 atom stereocenters. The van der Waals surface area contributed by atoms with Gasteiger partial charge < -0.3 is 15.0 Å². The van der Waals surface area contributed by atoms with E-state index in [4.69, 9.17) is 4.74 Å². The van der Waals surface area contributed by atoms with Gasteiger partial charge in [-0.15, -0.1) is 0 Å². The van der Waals surface area contributed by atoms with Gasteiger partial charge in [0.2, 0.25) is 0 Å². The first-order valence-corrected chi connectivity index (χ1v) is 6.94. The number of rotatable bonds is 6. The average molecular weight is 273 g/mol. The van der Waals surface area contributed by atoms with Crippen molar-refractivity contribution in [3.05, 3.63) is 30.5 Å². The summed E-state index contributed by atoms with van der Waals surface area (Å²) in [4.78, 5) is 6.66. The second-order valence-corrected chi connectivity index (χ2v) is 5.38. The second-order valence-electron chi connectivity index (χ2n) is 5.38. The lowest BCUT2D eigenvalue weighted by atomic mass is 10.1. The topological polar surface area (TPSA) is 37.4 Å². The minimum Gasteiger partial charge on any atom is -0.497 e. The predicted octanol–water partition coefficient (Wildman–Crippen LogP) is 3.00. The molecule has 0 radical (unpaired) electrons. The van der Waals surface area contributed by atoms with Crippen molar-refractivity contribution in [2.24, 2.45) is 0 Å². The zero-order valence-corrected chi connectivity index (χ0v) is 12.7. The van der Waals surface area contributed by atoms with Crippen molar-refractivity contribution in [1.82, 2.24) is 9.88 Å². The third-order valence-electron chi connectivity index (χ3n) is 3.36. The van der Waals surface area contributed by atoms with E-state index < -0.39 is 0 Å². The predicted molar refractivity (Wildman–Crippen MR) is 84.6 cm³/mol. The van der Waals surface area contributed by atoms with E-state index in [0.717, 1.165) is 35.3 Å². The van der Waals surface area contributed by atoms with Crippen molar-refractivity contribution in [2.45, 2.75) is 19.4 Å². The van der Waals surface area contributed by atoms with Gasteiger partial charge in [-0.3, -0.25) is 0 Å². The number of ether oxygens (including phenoxy) is 1. The van der Waals surface area contributed by atoms with Gasteiger partial charge in [0.25, 0.3) is 0 Å². The molecule has 1 aromatic carbocycles. The molecule has 2 rings (SSSR count). The lowest BCUT2D eigenvalue weighted by Crippen LogP contribution is -2.23. The Bertz CT molecular complexity index is 569. The number of methoxy groups -OCH3 is 1. The molecule has 0 aliphatic carbocycles. The molecule has 1 heterocycles. The summed E-state index contributed by atoms with van der Waals surface area (Å²) in [6, 6.07) is 8.46. The van der Waals surface area contributed by atoms with Crippen molar-refractivity contribution >= 4 is 16.6 Å². The van der Waals surface area contributed by atoms with Crippen molar-refractivity contribution in [3.8, 4) is 5.75 Å². The quantitative estimate of drug-likeness (QED) is 0.878. The van der Waals surface area contributed by atoms with E-state index in [1.165, 1.54) is 0 Å². The first-order valence-electron chi connectivity index (χ1n) is 6.94. The van der Waals surface area contributed by atoms with E-state index in [1.807, 2.05) is 24.4 Å². The Morgan fingerprint density at radius 2 is 2.10 bits per heavy atom. The van der Waals surface area contributed by atoms with Crippen LogP contribution in [0.3, 0.4) is 0 Å². The monoisotopic (exact) mass is 273 g/mol. The maximum atomic E-state index is 5.26. The third kappa shape index (κ3) is 3.61. The van der Waals surface area contributed by atoms with Gasteiger partial charge >= 0.3 is 0 Å². The molecule has 0 amide bonds. The van der Waals surface area contributed by atoms with Crippen molar-refractivity contribution in [2.75, 3.05) is 33.1 Å². The van der Waals surface area contributed by atoms with E-state index in [1.54, 1.807) is 7.11 Å². The number of hydrogen-bond acceptors (Lipinski definition) is 4. The number of benzene rings is 1. The maximum absolute atomic E-state index is 5.26. The van der Waals surface area contributed by atoms with E-state index in [0.29, 0.717) is 6.04 Å². The van der Waals surface area contributed by atoms with Gasteiger partial charge in [0.15, 0.2) is 0 Å². The molecular weight excluding hydrogens is 250 g/mol. The highest BCUT2D eigenvalue weighted by molar-refractivity contribution is 5.92. The first kappa shape index (κ1) is 14.6. The van der Waals surface area contributed by atoms with Gasteiger partial charge in [-0.1, -0.05) is 0 Å². The fourth-order valence-corrected chi connectivity index (χ4v) is 2.16. The standard InChI is InChI=1S/C16H23N3O/c1-12(8-10-19(2)3)18-16-15-6-5-14(20-4)11-13(15)7-9-17-16/h5-7,9,11-12H,8,10H2,1-4H3,(H,17,18). The summed E-state index contributed by atoms with van der Waals surface area (Å²) in [5.74, 6) is 1.81. The van der Waals surface area contributed by atoms with Gasteiger partial charge in [0, 0.05) is 17.6 Å². The van der Waals surface area contributed by atoms with Crippen LogP contribution in [0.25, 0.3) is 10.8 Å². The van der Waals surface area contributed by atoms with Crippen LogP contribution in [0.2, 0.25) is 0 Å². The largest absolute Gasteiger partial charge is 0.497 e. The lowest BCUT2D eigenvalue weighted by molar-refractivity contribution is 0.390. The molecule has 108 valence electrons. The molecule has 20 heavy (non-hydrogen) atoms. The second kappa shape index (κ2) is 6.57. The smallest absolute Gasteiger partial charge is 0.134 e. The Hall–Kier alpha value is -1.81. The van der Waals surface area contributed by atoms with Crippen LogP contribution in [0.1, 0.15) is 13.3 Å². The van der Waals surface area contributed by atoms with Gasteiger partial charge in [0.1, 0.15) is 11.6 Å². The van der Waals surface area contributed by atoms with E-state index >= 15 is 0 Å². The summed E-state index contributed by atoms with van der Waals surface area (Å²) in [7, 11) is 5.87. The van der Waals surface area contributed by atoms with E-state index in [-0.39, 0.29) is 0 Å². The number of nitrogens with zero attached hydrogens (tertiary/aromatic N) is 2. The summed E-state index contributed by atoms with van der Waals surface area (Å²) in [5, 5.41) is 5.77. The minimum absolute atomic E-state index is 0.387. The third-order valence-corrected chi connectivity index (χ3v) is 3.36. The molecule has 0 fully saturated rings. The number of pyridine rings is 1. The summed E-state index contributed by atoms with van der Waals surface area (Å²) in [5.41, 5.74) is 0. The number of nitrogens with one attached hydrogen (secondary N) is 1.